The summed E-state index contributed by atoms with van der Waals surface area (Å²) in [6.07, 6.45) is 1.17. The molecule has 2 N–H and O–H groups in total. The Morgan fingerprint density at radius 3 is 2.34 bits per heavy atom. The fraction of sp³-hybridized carbons (Fsp3) is 0.353. The molecule has 0 spiro atoms. The Bertz CT molecular complexity index is 828. The van der Waals surface area contributed by atoms with Gasteiger partial charge in [0.05, 0.1) is 18.1 Å². The summed E-state index contributed by atoms with van der Waals surface area (Å²) in [6, 6.07) is 6.17. The van der Waals surface area contributed by atoms with E-state index in [0.29, 0.717) is 36.9 Å². The summed E-state index contributed by atoms with van der Waals surface area (Å²) in [5.74, 6) is -0.573. The summed E-state index contributed by atoms with van der Waals surface area (Å²) in [7, 11) is 3.06. The van der Waals surface area contributed by atoms with Crippen molar-refractivity contribution in [2.45, 2.75) is 0 Å². The molecule has 0 atom stereocenters. The first-order valence-corrected chi connectivity index (χ1v) is 8.89. The smallest absolute Gasteiger partial charge is 0.355 e. The molecule has 0 fully saturated rings. The highest BCUT2D eigenvalue weighted by atomic mass is 35.5. The molecule has 29 heavy (non-hydrogen) atoms. The molecule has 0 aliphatic heterocycles. The van der Waals surface area contributed by atoms with E-state index in [-0.39, 0.29) is 17.3 Å². The molecule has 11 nitrogen and oxygen atoms in total. The molecule has 0 bridgehead atoms. The number of benzene rings is 1. The largest absolute Gasteiger partial charge is 0.383 e. The van der Waals surface area contributed by atoms with Gasteiger partial charge in [-0.15, -0.1) is 0 Å². The van der Waals surface area contributed by atoms with Crippen LogP contribution in [0.5, 0.6) is 0 Å². The Kier molecular flexibility index (Phi) is 8.52. The molecule has 1 aromatic heterocycles. The van der Waals surface area contributed by atoms with Crippen LogP contribution in [0.2, 0.25) is 5.02 Å². The molecule has 2 aromatic rings. The van der Waals surface area contributed by atoms with Gasteiger partial charge < -0.3 is 14.4 Å². The van der Waals surface area contributed by atoms with Gasteiger partial charge in [-0.05, 0) is 24.3 Å². The average Bonchev–Trinajstić information content (AvgIpc) is 2.72. The highest BCUT2D eigenvalue weighted by Gasteiger charge is 2.27. The van der Waals surface area contributed by atoms with E-state index in [1.807, 2.05) is 0 Å². The number of carbonyl (C=O) groups excluding carboxylic acids is 1. The molecular formula is C17H21ClN6O5. The number of nitro groups is 1. The van der Waals surface area contributed by atoms with Crippen LogP contribution in [-0.4, -0.2) is 61.3 Å². The van der Waals surface area contributed by atoms with Gasteiger partial charge in [-0.3, -0.25) is 25.8 Å². The van der Waals surface area contributed by atoms with Crippen molar-refractivity contribution in [2.75, 3.05) is 50.8 Å². The van der Waals surface area contributed by atoms with Gasteiger partial charge in [0.2, 0.25) is 11.6 Å². The number of hydrazine groups is 1. The molecular weight excluding hydrogens is 404 g/mol. The van der Waals surface area contributed by atoms with E-state index < -0.39 is 10.8 Å². The number of nitrogens with zero attached hydrogens (tertiary/aromatic N) is 4. The quantitative estimate of drug-likeness (QED) is 0.410. The van der Waals surface area contributed by atoms with Crippen molar-refractivity contribution in [2.24, 2.45) is 0 Å². The van der Waals surface area contributed by atoms with Crippen molar-refractivity contribution in [1.29, 1.82) is 0 Å². The zero-order valence-electron chi connectivity index (χ0n) is 15.9. The van der Waals surface area contributed by atoms with Crippen molar-refractivity contribution >= 4 is 34.8 Å². The predicted octanol–water partition coefficient (Wildman–Crippen LogP) is 1.89. The lowest BCUT2D eigenvalue weighted by molar-refractivity contribution is -0.383. The average molecular weight is 425 g/mol. The molecule has 0 aliphatic carbocycles. The molecule has 0 saturated carbocycles. The Hall–Kier alpha value is -3.02. The van der Waals surface area contributed by atoms with Crippen LogP contribution >= 0.6 is 11.6 Å². The van der Waals surface area contributed by atoms with Gasteiger partial charge in [0, 0.05) is 37.9 Å². The minimum absolute atomic E-state index is 0.0855. The highest BCUT2D eigenvalue weighted by Crippen LogP contribution is 2.31. The monoisotopic (exact) mass is 424 g/mol. The Morgan fingerprint density at radius 2 is 1.79 bits per heavy atom. The fourth-order valence-electron chi connectivity index (χ4n) is 2.38. The molecule has 12 heteroatoms. The molecule has 1 heterocycles. The van der Waals surface area contributed by atoms with Gasteiger partial charge in [0.25, 0.3) is 5.91 Å². The number of aromatic nitrogens is 2. The van der Waals surface area contributed by atoms with Crippen molar-refractivity contribution < 1.29 is 19.2 Å². The lowest BCUT2D eigenvalue weighted by Crippen LogP contribution is -2.33. The van der Waals surface area contributed by atoms with Crippen molar-refractivity contribution in [3.8, 4) is 0 Å². The second-order valence-corrected chi connectivity index (χ2v) is 6.15. The first-order valence-electron chi connectivity index (χ1n) is 8.52. The molecule has 0 saturated heterocycles. The van der Waals surface area contributed by atoms with Crippen LogP contribution in [0.25, 0.3) is 0 Å². The van der Waals surface area contributed by atoms with E-state index in [2.05, 4.69) is 20.8 Å². The summed E-state index contributed by atoms with van der Waals surface area (Å²) < 4.78 is 10.1. The maximum absolute atomic E-state index is 12.2. The third kappa shape index (κ3) is 6.24. The van der Waals surface area contributed by atoms with Crippen molar-refractivity contribution in [3.05, 3.63) is 51.3 Å². The number of anilines is 2. The van der Waals surface area contributed by atoms with Gasteiger partial charge in [0.15, 0.2) is 0 Å². The van der Waals surface area contributed by atoms with Gasteiger partial charge in [-0.1, -0.05) is 11.6 Å². The van der Waals surface area contributed by atoms with E-state index in [1.54, 1.807) is 17.0 Å². The van der Waals surface area contributed by atoms with Crippen LogP contribution < -0.4 is 15.8 Å². The van der Waals surface area contributed by atoms with Crippen LogP contribution in [0, 0.1) is 10.1 Å². The third-order valence-electron chi connectivity index (χ3n) is 3.82. The third-order valence-corrected chi connectivity index (χ3v) is 4.07. The number of rotatable bonds is 11. The SMILES string of the molecule is COCCN(CCOC)c1ncnc(NNC(=O)c2ccc(Cl)cc2)c1[N+](=O)[O-]. The molecule has 1 aromatic carbocycles. The summed E-state index contributed by atoms with van der Waals surface area (Å²) in [5, 5.41) is 12.2. The number of nitrogens with one attached hydrogen (secondary N) is 2. The predicted molar refractivity (Wildman–Crippen MR) is 107 cm³/mol. The maximum Gasteiger partial charge on any atom is 0.355 e. The van der Waals surface area contributed by atoms with Crippen LogP contribution in [0.1, 0.15) is 10.4 Å². The molecule has 0 radical (unpaired) electrons. The molecule has 1 amide bonds. The number of ether oxygens (including phenoxy) is 2. The van der Waals surface area contributed by atoms with Gasteiger partial charge in [0.1, 0.15) is 6.33 Å². The van der Waals surface area contributed by atoms with Crippen molar-refractivity contribution in [1.82, 2.24) is 15.4 Å². The highest BCUT2D eigenvalue weighted by molar-refractivity contribution is 6.30. The van der Waals surface area contributed by atoms with E-state index in [9.17, 15) is 14.9 Å². The van der Waals surface area contributed by atoms with E-state index in [0.717, 1.165) is 0 Å². The van der Waals surface area contributed by atoms with E-state index >= 15 is 0 Å². The number of hydrogen-bond acceptors (Lipinski definition) is 9. The second kappa shape index (κ2) is 11.1. The molecule has 0 unspecified atom stereocenters. The number of halogens is 1. The topological polar surface area (TPSA) is 132 Å². The first-order chi connectivity index (χ1) is 14.0. The molecule has 2 rings (SSSR count). The summed E-state index contributed by atoms with van der Waals surface area (Å²) in [6.45, 7) is 1.38. The lowest BCUT2D eigenvalue weighted by Gasteiger charge is -2.23. The lowest BCUT2D eigenvalue weighted by atomic mass is 10.2. The normalized spacial score (nSPS) is 10.4. The standard InChI is InChI=1S/C17H21ClN6O5/c1-28-9-7-23(8-10-29-2)16-14(24(26)27)15(19-11-20-16)21-22-17(25)12-3-5-13(18)6-4-12/h3-6,11H,7-10H2,1-2H3,(H,22,25)(H,19,20,21). The van der Waals surface area contributed by atoms with Crippen LogP contribution in [0.3, 0.4) is 0 Å². The second-order valence-electron chi connectivity index (χ2n) is 5.71. The van der Waals surface area contributed by atoms with Gasteiger partial charge in [-0.25, -0.2) is 9.97 Å². The number of carbonyl (C=O) groups is 1. The van der Waals surface area contributed by atoms with Gasteiger partial charge in [-0.2, -0.15) is 0 Å². The van der Waals surface area contributed by atoms with Crippen LogP contribution in [-0.2, 0) is 9.47 Å². The summed E-state index contributed by atoms with van der Waals surface area (Å²) >= 11 is 5.80. The minimum atomic E-state index is -0.612. The van der Waals surface area contributed by atoms with E-state index in [1.165, 1.54) is 32.7 Å². The Labute approximate surface area is 172 Å². The van der Waals surface area contributed by atoms with E-state index in [4.69, 9.17) is 21.1 Å². The summed E-state index contributed by atoms with van der Waals surface area (Å²) in [4.78, 5) is 32.9. The van der Waals surface area contributed by atoms with Crippen LogP contribution in [0.15, 0.2) is 30.6 Å². The molecule has 156 valence electrons. The zero-order valence-corrected chi connectivity index (χ0v) is 16.7. The Morgan fingerprint density at radius 1 is 1.17 bits per heavy atom. The number of hydrogen-bond donors (Lipinski definition) is 2. The minimum Gasteiger partial charge on any atom is -0.383 e. The summed E-state index contributed by atoms with van der Waals surface area (Å²) in [5.41, 5.74) is 4.83. The molecule has 0 aliphatic rings. The van der Waals surface area contributed by atoms with Gasteiger partial charge >= 0.3 is 5.69 Å². The number of amides is 1. The van der Waals surface area contributed by atoms with Crippen molar-refractivity contribution in [3.63, 3.8) is 0 Å². The first kappa shape index (κ1) is 22.3. The van der Waals surface area contributed by atoms with Crippen LogP contribution in [0.4, 0.5) is 17.3 Å². The zero-order chi connectivity index (χ0) is 21.2. The fourth-order valence-corrected chi connectivity index (χ4v) is 2.50. The Balaban J connectivity index is 2.25. The number of methoxy groups -OCH3 is 2. The maximum atomic E-state index is 12.2.